The second-order valence-electron chi connectivity index (χ2n) is 5.87. The van der Waals surface area contributed by atoms with Crippen molar-refractivity contribution in [2.24, 2.45) is 10.2 Å². The number of amides is 1. The van der Waals surface area contributed by atoms with Gasteiger partial charge in [0.25, 0.3) is 0 Å². The molecule has 2 N–H and O–H groups in total. The monoisotopic (exact) mass is 451 g/mol. The molecular formula is C18H14ClN3O5S2. The molecule has 0 aliphatic carbocycles. The third kappa shape index (κ3) is 5.22. The normalized spacial score (nSPS) is 18.3. The molecule has 2 aromatic carbocycles. The van der Waals surface area contributed by atoms with E-state index in [0.29, 0.717) is 10.6 Å². The molecule has 0 aromatic heterocycles. The Hall–Kier alpha value is -2.69. The third-order valence-corrected chi connectivity index (χ3v) is 6.92. The first-order valence-corrected chi connectivity index (χ1v) is 10.9. The summed E-state index contributed by atoms with van der Waals surface area (Å²) in [6, 6.07) is 11.9. The molecule has 1 aliphatic rings. The average molecular weight is 452 g/mol. The van der Waals surface area contributed by atoms with E-state index in [-0.39, 0.29) is 21.4 Å². The number of hydrogen-bond donors (Lipinski definition) is 2. The third-order valence-electron chi connectivity index (χ3n) is 3.81. The number of amidine groups is 1. The highest BCUT2D eigenvalue weighted by molar-refractivity contribution is 8.15. The molecule has 1 fully saturated rings. The maximum atomic E-state index is 12.6. The minimum Gasteiger partial charge on any atom is -0.481 e. The van der Waals surface area contributed by atoms with Crippen LogP contribution in [-0.2, 0) is 19.4 Å². The topological polar surface area (TPSA) is 125 Å². The van der Waals surface area contributed by atoms with Crippen molar-refractivity contribution in [3.63, 3.8) is 0 Å². The van der Waals surface area contributed by atoms with Gasteiger partial charge < -0.3 is 10.4 Å². The fourth-order valence-corrected chi connectivity index (χ4v) is 4.68. The number of carbonyl (C=O) groups excluding carboxylic acids is 1. The smallest absolute Gasteiger partial charge is 0.305 e. The van der Waals surface area contributed by atoms with Crippen LogP contribution in [0.4, 0.5) is 0 Å². The van der Waals surface area contributed by atoms with E-state index in [2.05, 4.69) is 15.5 Å². The van der Waals surface area contributed by atoms with E-state index in [0.717, 1.165) is 11.8 Å². The van der Waals surface area contributed by atoms with Crippen LogP contribution in [0.5, 0.6) is 0 Å². The zero-order chi connectivity index (χ0) is 21.0. The van der Waals surface area contributed by atoms with E-state index < -0.39 is 27.0 Å². The molecule has 1 heterocycles. The van der Waals surface area contributed by atoms with E-state index >= 15 is 0 Å². The second kappa shape index (κ2) is 8.76. The fourth-order valence-electron chi connectivity index (χ4n) is 2.38. The molecule has 3 rings (SSSR count). The Labute approximate surface area is 175 Å². The molecule has 0 radical (unpaired) electrons. The molecule has 1 unspecified atom stereocenters. The molecule has 29 heavy (non-hydrogen) atoms. The molecule has 0 saturated carbocycles. The summed E-state index contributed by atoms with van der Waals surface area (Å²) in [5.74, 6) is -1.50. The van der Waals surface area contributed by atoms with E-state index in [4.69, 9.17) is 16.7 Å². The Morgan fingerprint density at radius 2 is 1.72 bits per heavy atom. The number of aliphatic carboxylic acids is 1. The molecule has 1 saturated heterocycles. The number of carboxylic acids is 1. The summed E-state index contributed by atoms with van der Waals surface area (Å²) in [4.78, 5) is 22.6. The van der Waals surface area contributed by atoms with Crippen molar-refractivity contribution in [3.05, 3.63) is 59.1 Å². The van der Waals surface area contributed by atoms with Gasteiger partial charge >= 0.3 is 5.97 Å². The summed E-state index contributed by atoms with van der Waals surface area (Å²) in [6.45, 7) is 0. The van der Waals surface area contributed by atoms with Crippen LogP contribution in [0.2, 0.25) is 5.02 Å². The number of nitrogens with one attached hydrogen (secondary N) is 1. The van der Waals surface area contributed by atoms with Crippen LogP contribution in [-0.4, -0.2) is 42.0 Å². The van der Waals surface area contributed by atoms with Crippen LogP contribution in [0, 0.1) is 0 Å². The zero-order valence-electron chi connectivity index (χ0n) is 14.6. The van der Waals surface area contributed by atoms with Gasteiger partial charge in [0.15, 0.2) is 5.17 Å². The lowest BCUT2D eigenvalue weighted by Gasteiger charge is -2.05. The van der Waals surface area contributed by atoms with Crippen LogP contribution < -0.4 is 5.32 Å². The Morgan fingerprint density at radius 1 is 1.14 bits per heavy atom. The van der Waals surface area contributed by atoms with Crippen LogP contribution in [0.1, 0.15) is 12.0 Å². The van der Waals surface area contributed by atoms with E-state index in [1.165, 1.54) is 42.6 Å². The molecule has 1 atom stereocenters. The minimum absolute atomic E-state index is 0.124. The van der Waals surface area contributed by atoms with E-state index in [9.17, 15) is 18.0 Å². The largest absolute Gasteiger partial charge is 0.481 e. The Morgan fingerprint density at radius 3 is 2.31 bits per heavy atom. The van der Waals surface area contributed by atoms with Gasteiger partial charge in [-0.2, -0.15) is 5.10 Å². The van der Waals surface area contributed by atoms with Gasteiger partial charge in [-0.1, -0.05) is 35.5 Å². The van der Waals surface area contributed by atoms with Crippen molar-refractivity contribution in [1.29, 1.82) is 0 Å². The number of rotatable bonds is 6. The molecule has 11 heteroatoms. The second-order valence-corrected chi connectivity index (χ2v) is 9.45. The molecule has 150 valence electrons. The van der Waals surface area contributed by atoms with Gasteiger partial charge in [-0.15, -0.1) is 5.10 Å². The first-order valence-electron chi connectivity index (χ1n) is 8.17. The van der Waals surface area contributed by atoms with Crippen molar-refractivity contribution in [1.82, 2.24) is 5.32 Å². The number of hydrogen-bond acceptors (Lipinski definition) is 7. The van der Waals surface area contributed by atoms with Gasteiger partial charge in [0.05, 0.1) is 22.4 Å². The number of carbonyl (C=O) groups is 2. The maximum Gasteiger partial charge on any atom is 0.305 e. The van der Waals surface area contributed by atoms with Crippen LogP contribution in [0.25, 0.3) is 0 Å². The van der Waals surface area contributed by atoms with Crippen molar-refractivity contribution in [3.8, 4) is 0 Å². The van der Waals surface area contributed by atoms with E-state index in [1.54, 1.807) is 12.1 Å². The molecule has 0 bridgehead atoms. The maximum absolute atomic E-state index is 12.6. The molecule has 1 amide bonds. The summed E-state index contributed by atoms with van der Waals surface area (Å²) in [5.41, 5.74) is 0.598. The fraction of sp³-hybridized carbons (Fsp3) is 0.111. The van der Waals surface area contributed by atoms with Crippen molar-refractivity contribution in [2.75, 3.05) is 0 Å². The summed E-state index contributed by atoms with van der Waals surface area (Å²) in [6.07, 6.45) is 1.09. The summed E-state index contributed by atoms with van der Waals surface area (Å²) in [7, 11) is -3.66. The molecule has 1 aliphatic heterocycles. The number of benzene rings is 2. The predicted octanol–water partition coefficient (Wildman–Crippen LogP) is 2.57. The van der Waals surface area contributed by atoms with Crippen molar-refractivity contribution >= 4 is 56.5 Å². The highest BCUT2D eigenvalue weighted by Gasteiger charge is 2.32. The number of halogens is 1. The summed E-state index contributed by atoms with van der Waals surface area (Å²) < 4.78 is 25.2. The lowest BCUT2D eigenvalue weighted by atomic mass is 10.2. The highest BCUT2D eigenvalue weighted by Crippen LogP contribution is 2.23. The van der Waals surface area contributed by atoms with Gasteiger partial charge in [0.2, 0.25) is 15.7 Å². The number of carboxylic acid groups (broad SMARTS) is 1. The lowest BCUT2D eigenvalue weighted by Crippen LogP contribution is -2.26. The Bertz CT molecular complexity index is 1100. The van der Waals surface area contributed by atoms with Crippen LogP contribution in [0.3, 0.4) is 0 Å². The standard InChI is InChI=1S/C18H14ClN3O5S2/c19-12-3-7-14(8-4-12)29(26,27)13-5-1-11(2-6-13)10-20-22-18-21-17(25)15(28-18)9-16(23)24/h1-8,10,15H,9H2,(H,23,24)(H,21,22,25). The molecule has 2 aromatic rings. The van der Waals surface area contributed by atoms with Crippen molar-refractivity contribution < 1.29 is 23.1 Å². The number of sulfone groups is 1. The number of thioether (sulfide) groups is 1. The highest BCUT2D eigenvalue weighted by atomic mass is 35.5. The predicted molar refractivity (Wildman–Crippen MR) is 110 cm³/mol. The van der Waals surface area contributed by atoms with Crippen LogP contribution >= 0.6 is 23.4 Å². The number of nitrogens with zero attached hydrogens (tertiary/aromatic N) is 2. The van der Waals surface area contributed by atoms with Gasteiger partial charge in [-0.25, -0.2) is 8.42 Å². The first-order chi connectivity index (χ1) is 13.8. The quantitative estimate of drug-likeness (QED) is 0.513. The Kier molecular flexibility index (Phi) is 6.36. The van der Waals surface area contributed by atoms with Gasteiger partial charge in [0, 0.05) is 5.02 Å². The van der Waals surface area contributed by atoms with Gasteiger partial charge in [0.1, 0.15) is 5.25 Å². The molecule has 8 nitrogen and oxygen atoms in total. The summed E-state index contributed by atoms with van der Waals surface area (Å²) >= 11 is 6.78. The SMILES string of the molecule is O=C(O)CC1SC(=NN=Cc2ccc(S(=O)(=O)c3ccc(Cl)cc3)cc2)NC1=O. The minimum atomic E-state index is -3.66. The van der Waals surface area contributed by atoms with Crippen LogP contribution in [0.15, 0.2) is 68.5 Å². The molecular weight excluding hydrogens is 438 g/mol. The van der Waals surface area contributed by atoms with E-state index in [1.807, 2.05) is 0 Å². The Balaban J connectivity index is 1.69. The van der Waals surface area contributed by atoms with Gasteiger partial charge in [-0.3, -0.25) is 9.59 Å². The molecule has 0 spiro atoms. The average Bonchev–Trinajstić information content (AvgIpc) is 3.01. The first kappa shape index (κ1) is 21.0. The zero-order valence-corrected chi connectivity index (χ0v) is 17.0. The lowest BCUT2D eigenvalue weighted by molar-refractivity contribution is -0.138. The van der Waals surface area contributed by atoms with Gasteiger partial charge in [-0.05, 0) is 42.0 Å². The van der Waals surface area contributed by atoms with Crippen molar-refractivity contribution in [2.45, 2.75) is 21.5 Å². The summed E-state index contributed by atoms with van der Waals surface area (Å²) in [5, 5.41) is 18.8.